The monoisotopic (exact) mass is 220 g/mol. The number of ether oxygens (including phenoxy) is 2. The van der Waals surface area contributed by atoms with Crippen LogP contribution in [0.15, 0.2) is 30.3 Å². The average Bonchev–Trinajstić information content (AvgIpc) is 2.56. The van der Waals surface area contributed by atoms with Gasteiger partial charge in [-0.05, 0) is 12.8 Å². The lowest BCUT2D eigenvalue weighted by Crippen LogP contribution is -2.38. The first-order valence-corrected chi connectivity index (χ1v) is 6.09. The molecule has 1 saturated heterocycles. The molecule has 88 valence electrons. The molecule has 16 heavy (non-hydrogen) atoms. The molecule has 2 rings (SSSR count). The third kappa shape index (κ3) is 2.13. The molecule has 1 aromatic rings. The number of rotatable bonds is 2. The zero-order chi connectivity index (χ0) is 11.4. The maximum atomic E-state index is 6.02. The van der Waals surface area contributed by atoms with Crippen molar-refractivity contribution in [2.24, 2.45) is 5.92 Å². The maximum Gasteiger partial charge on any atom is 0.197 e. The molecule has 0 bridgehead atoms. The van der Waals surface area contributed by atoms with Gasteiger partial charge in [0.2, 0.25) is 0 Å². The van der Waals surface area contributed by atoms with E-state index in [4.69, 9.17) is 9.47 Å². The summed E-state index contributed by atoms with van der Waals surface area (Å²) in [4.78, 5) is 0. The van der Waals surface area contributed by atoms with Gasteiger partial charge in [-0.15, -0.1) is 0 Å². The molecule has 0 N–H and O–H groups in total. The third-order valence-corrected chi connectivity index (χ3v) is 3.11. The molecular weight excluding hydrogens is 200 g/mol. The quantitative estimate of drug-likeness (QED) is 0.761. The zero-order valence-electron chi connectivity index (χ0n) is 10.1. The van der Waals surface area contributed by atoms with Crippen LogP contribution in [-0.2, 0) is 15.3 Å². The molecule has 0 unspecified atom stereocenters. The molecule has 1 fully saturated rings. The topological polar surface area (TPSA) is 18.5 Å². The van der Waals surface area contributed by atoms with E-state index in [1.807, 2.05) is 18.2 Å². The normalized spacial score (nSPS) is 20.7. The first-order chi connectivity index (χ1) is 7.76. The van der Waals surface area contributed by atoms with E-state index in [1.54, 1.807) is 0 Å². The highest BCUT2D eigenvalue weighted by molar-refractivity contribution is 5.21. The second kappa shape index (κ2) is 4.98. The average molecular weight is 220 g/mol. The Labute approximate surface area is 97.6 Å². The summed E-state index contributed by atoms with van der Waals surface area (Å²) in [7, 11) is 0. The highest BCUT2D eigenvalue weighted by Crippen LogP contribution is 2.36. The van der Waals surface area contributed by atoms with Gasteiger partial charge in [0.25, 0.3) is 0 Å². The Bertz CT molecular complexity index is 311. The van der Waals surface area contributed by atoms with Gasteiger partial charge in [-0.3, -0.25) is 0 Å². The fourth-order valence-corrected chi connectivity index (χ4v) is 2.20. The third-order valence-electron chi connectivity index (χ3n) is 3.11. The van der Waals surface area contributed by atoms with Gasteiger partial charge in [0.15, 0.2) is 5.79 Å². The summed E-state index contributed by atoms with van der Waals surface area (Å²) in [5.41, 5.74) is 1.13. The van der Waals surface area contributed by atoms with Gasteiger partial charge in [0, 0.05) is 11.5 Å². The molecule has 0 spiro atoms. The molecule has 1 aromatic carbocycles. The van der Waals surface area contributed by atoms with Gasteiger partial charge < -0.3 is 9.47 Å². The smallest absolute Gasteiger partial charge is 0.197 e. The lowest BCUT2D eigenvalue weighted by Gasteiger charge is -2.36. The molecule has 2 nitrogen and oxygen atoms in total. The van der Waals surface area contributed by atoms with Crippen molar-refractivity contribution in [3.8, 4) is 0 Å². The highest BCUT2D eigenvalue weighted by Gasteiger charge is 2.38. The largest absolute Gasteiger partial charge is 0.346 e. The van der Waals surface area contributed by atoms with Crippen LogP contribution in [0.25, 0.3) is 0 Å². The van der Waals surface area contributed by atoms with Crippen molar-refractivity contribution in [2.75, 3.05) is 13.2 Å². The summed E-state index contributed by atoms with van der Waals surface area (Å²) >= 11 is 0. The van der Waals surface area contributed by atoms with E-state index in [1.165, 1.54) is 0 Å². The first kappa shape index (κ1) is 11.6. The molecule has 0 saturated carbocycles. The van der Waals surface area contributed by atoms with Crippen LogP contribution < -0.4 is 0 Å². The lowest BCUT2D eigenvalue weighted by atomic mass is 9.94. The van der Waals surface area contributed by atoms with Crippen LogP contribution in [0.2, 0.25) is 0 Å². The minimum atomic E-state index is -0.544. The summed E-state index contributed by atoms with van der Waals surface area (Å²) in [6.07, 6.45) is 2.17. The predicted octanol–water partition coefficient (Wildman–Crippen LogP) is 3.32. The Morgan fingerprint density at radius 2 is 1.56 bits per heavy atom. The van der Waals surface area contributed by atoms with Crippen molar-refractivity contribution in [1.29, 1.82) is 0 Å². The van der Waals surface area contributed by atoms with E-state index in [9.17, 15) is 0 Å². The van der Waals surface area contributed by atoms with Gasteiger partial charge in [0.05, 0.1) is 13.2 Å². The first-order valence-electron chi connectivity index (χ1n) is 6.09. The Balaban J connectivity index is 2.34. The van der Waals surface area contributed by atoms with Crippen LogP contribution in [-0.4, -0.2) is 13.2 Å². The molecule has 1 aliphatic rings. The standard InChI is InChI=1S/C14H20O2/c1-12(2)14(13-8-4-3-5-9-13)15-10-6-7-11-16-14/h3-5,8-9,12H,6-7,10-11H2,1-2H3. The van der Waals surface area contributed by atoms with E-state index in [-0.39, 0.29) is 0 Å². The zero-order valence-corrected chi connectivity index (χ0v) is 10.1. The van der Waals surface area contributed by atoms with Crippen molar-refractivity contribution in [1.82, 2.24) is 0 Å². The lowest BCUT2D eigenvalue weighted by molar-refractivity contribution is -0.261. The predicted molar refractivity (Wildman–Crippen MR) is 64.1 cm³/mol. The van der Waals surface area contributed by atoms with E-state index in [2.05, 4.69) is 26.0 Å². The molecule has 2 heteroatoms. The molecule has 0 atom stereocenters. The van der Waals surface area contributed by atoms with Crippen LogP contribution in [0.1, 0.15) is 32.3 Å². The van der Waals surface area contributed by atoms with Crippen molar-refractivity contribution >= 4 is 0 Å². The van der Waals surface area contributed by atoms with Gasteiger partial charge in [-0.25, -0.2) is 0 Å². The molecule has 0 radical (unpaired) electrons. The Hall–Kier alpha value is -0.860. The van der Waals surface area contributed by atoms with Crippen LogP contribution in [0, 0.1) is 5.92 Å². The van der Waals surface area contributed by atoms with Gasteiger partial charge in [0.1, 0.15) is 0 Å². The molecular formula is C14H20O2. The van der Waals surface area contributed by atoms with E-state index < -0.39 is 5.79 Å². The van der Waals surface area contributed by atoms with Crippen LogP contribution in [0.5, 0.6) is 0 Å². The molecule has 0 amide bonds. The highest BCUT2D eigenvalue weighted by atomic mass is 16.7. The van der Waals surface area contributed by atoms with Crippen LogP contribution in [0.4, 0.5) is 0 Å². The van der Waals surface area contributed by atoms with E-state index in [0.29, 0.717) is 5.92 Å². The van der Waals surface area contributed by atoms with E-state index in [0.717, 1.165) is 31.6 Å². The maximum absolute atomic E-state index is 6.02. The summed E-state index contributed by atoms with van der Waals surface area (Å²) in [6.45, 7) is 5.87. The SMILES string of the molecule is CC(C)C1(c2ccccc2)OCCCCO1. The van der Waals surface area contributed by atoms with Crippen LogP contribution >= 0.6 is 0 Å². The number of hydrogen-bond acceptors (Lipinski definition) is 2. The summed E-state index contributed by atoms with van der Waals surface area (Å²) in [5, 5.41) is 0. The Morgan fingerprint density at radius 3 is 2.06 bits per heavy atom. The fraction of sp³-hybridized carbons (Fsp3) is 0.571. The second-order valence-corrected chi connectivity index (χ2v) is 4.59. The van der Waals surface area contributed by atoms with Crippen molar-refractivity contribution in [2.45, 2.75) is 32.5 Å². The molecule has 0 aromatic heterocycles. The van der Waals surface area contributed by atoms with Gasteiger partial charge >= 0.3 is 0 Å². The minimum Gasteiger partial charge on any atom is -0.346 e. The van der Waals surface area contributed by atoms with Gasteiger partial charge in [-0.1, -0.05) is 44.2 Å². The number of hydrogen-bond donors (Lipinski definition) is 0. The van der Waals surface area contributed by atoms with Crippen molar-refractivity contribution < 1.29 is 9.47 Å². The Kier molecular flexibility index (Phi) is 3.62. The van der Waals surface area contributed by atoms with Crippen molar-refractivity contribution in [3.63, 3.8) is 0 Å². The van der Waals surface area contributed by atoms with E-state index >= 15 is 0 Å². The molecule has 1 aliphatic heterocycles. The summed E-state index contributed by atoms with van der Waals surface area (Å²) in [6, 6.07) is 10.3. The Morgan fingerprint density at radius 1 is 1.00 bits per heavy atom. The molecule has 1 heterocycles. The fourth-order valence-electron chi connectivity index (χ4n) is 2.20. The molecule has 0 aliphatic carbocycles. The summed E-state index contributed by atoms with van der Waals surface area (Å²) in [5.74, 6) is -0.231. The summed E-state index contributed by atoms with van der Waals surface area (Å²) < 4.78 is 12.0. The van der Waals surface area contributed by atoms with Gasteiger partial charge in [-0.2, -0.15) is 0 Å². The number of benzene rings is 1. The van der Waals surface area contributed by atoms with Crippen molar-refractivity contribution in [3.05, 3.63) is 35.9 Å². The van der Waals surface area contributed by atoms with Crippen LogP contribution in [0.3, 0.4) is 0 Å². The minimum absolute atomic E-state index is 0.313. The second-order valence-electron chi connectivity index (χ2n) is 4.59.